The fraction of sp³-hybridized carbons (Fsp3) is 0.391. The first-order valence-corrected chi connectivity index (χ1v) is 12.2. The van der Waals surface area contributed by atoms with Gasteiger partial charge in [0.15, 0.2) is 6.61 Å². The van der Waals surface area contributed by atoms with Gasteiger partial charge in [0, 0.05) is 19.2 Å². The summed E-state index contributed by atoms with van der Waals surface area (Å²) in [6.07, 6.45) is 3.44. The van der Waals surface area contributed by atoms with Gasteiger partial charge in [0.05, 0.1) is 16.5 Å². The average molecular weight is 479 g/mol. The summed E-state index contributed by atoms with van der Waals surface area (Å²) >= 11 is 0. The first kappa shape index (κ1) is 23.3. The Labute approximate surface area is 190 Å². The third kappa shape index (κ3) is 5.22. The van der Waals surface area contributed by atoms with E-state index in [2.05, 4.69) is 5.32 Å². The second-order valence-electron chi connectivity index (χ2n) is 8.24. The number of piperidine rings is 1. The van der Waals surface area contributed by atoms with Crippen LogP contribution in [-0.4, -0.2) is 44.3 Å². The van der Waals surface area contributed by atoms with E-state index in [-0.39, 0.29) is 36.5 Å². The third-order valence-corrected chi connectivity index (χ3v) is 7.94. The molecular weight excluding hydrogens is 454 g/mol. The minimum atomic E-state index is -3.65. The first-order chi connectivity index (χ1) is 15.7. The van der Waals surface area contributed by atoms with Crippen LogP contribution in [0.25, 0.3) is 0 Å². The molecule has 33 heavy (non-hydrogen) atoms. The van der Waals surface area contributed by atoms with Crippen LogP contribution in [0.3, 0.4) is 0 Å². The quantitative estimate of drug-likeness (QED) is 0.645. The standard InChI is InChI=1S/C23H24F2N2O5S/c24-18-5-7-21(20(25)13-18)26-22(28)14-32-23(29)16-8-10-27(11-9-16)33(30,31)19-6-4-15-2-1-3-17(15)12-19/h4-7,12-13,16H,1-3,8-11,14H2,(H,26,28). The molecule has 1 saturated heterocycles. The van der Waals surface area contributed by atoms with Gasteiger partial charge >= 0.3 is 5.97 Å². The van der Waals surface area contributed by atoms with Gasteiger partial charge in [-0.3, -0.25) is 9.59 Å². The molecule has 0 atom stereocenters. The highest BCUT2D eigenvalue weighted by atomic mass is 32.2. The molecule has 7 nitrogen and oxygen atoms in total. The molecule has 4 rings (SSSR count). The second-order valence-corrected chi connectivity index (χ2v) is 10.2. The molecule has 10 heteroatoms. The zero-order chi connectivity index (χ0) is 23.6. The van der Waals surface area contributed by atoms with Gasteiger partial charge in [-0.05, 0) is 67.5 Å². The number of nitrogens with one attached hydrogen (secondary N) is 1. The normalized spacial score (nSPS) is 16.9. The number of sulfonamides is 1. The molecule has 2 aliphatic rings. The molecule has 1 amide bonds. The highest BCUT2D eigenvalue weighted by molar-refractivity contribution is 7.89. The molecule has 0 saturated carbocycles. The Morgan fingerprint density at radius 1 is 1.03 bits per heavy atom. The molecule has 1 N–H and O–H groups in total. The Balaban J connectivity index is 1.27. The summed E-state index contributed by atoms with van der Waals surface area (Å²) in [6.45, 7) is -0.276. The van der Waals surface area contributed by atoms with Crippen molar-refractivity contribution < 1.29 is 31.5 Å². The zero-order valence-corrected chi connectivity index (χ0v) is 18.7. The predicted molar refractivity (Wildman–Crippen MR) is 116 cm³/mol. The molecule has 2 aromatic carbocycles. The maximum atomic E-state index is 13.6. The lowest BCUT2D eigenvalue weighted by atomic mass is 9.98. The first-order valence-electron chi connectivity index (χ1n) is 10.8. The topological polar surface area (TPSA) is 92.8 Å². The van der Waals surface area contributed by atoms with Crippen LogP contribution in [0.15, 0.2) is 41.3 Å². The molecule has 1 aliphatic carbocycles. The summed E-state index contributed by atoms with van der Waals surface area (Å²) in [4.78, 5) is 24.5. The SMILES string of the molecule is O=C(COC(=O)C1CCN(S(=O)(=O)c2ccc3c(c2)CCC3)CC1)Nc1ccc(F)cc1F. The van der Waals surface area contributed by atoms with E-state index in [1.54, 1.807) is 12.1 Å². The fourth-order valence-corrected chi connectivity index (χ4v) is 5.74. The van der Waals surface area contributed by atoms with Crippen molar-refractivity contribution in [1.82, 2.24) is 4.31 Å². The number of esters is 1. The number of carbonyl (C=O) groups is 2. The van der Waals surface area contributed by atoms with E-state index in [0.29, 0.717) is 6.07 Å². The van der Waals surface area contributed by atoms with Gasteiger partial charge in [0.2, 0.25) is 10.0 Å². The molecule has 0 spiro atoms. The summed E-state index contributed by atoms with van der Waals surface area (Å²) in [7, 11) is -3.65. The summed E-state index contributed by atoms with van der Waals surface area (Å²) in [5.41, 5.74) is 2.05. The van der Waals surface area contributed by atoms with Crippen molar-refractivity contribution in [3.8, 4) is 0 Å². The molecule has 0 radical (unpaired) electrons. The van der Waals surface area contributed by atoms with Gasteiger partial charge in [0.1, 0.15) is 11.6 Å². The minimum Gasteiger partial charge on any atom is -0.455 e. The number of aryl methyl sites for hydroxylation is 2. The number of anilines is 1. The Bertz CT molecular complexity index is 1180. The number of amides is 1. The molecule has 0 aromatic heterocycles. The van der Waals surface area contributed by atoms with E-state index in [9.17, 15) is 26.8 Å². The van der Waals surface area contributed by atoms with E-state index in [1.807, 2.05) is 6.07 Å². The molecule has 0 unspecified atom stereocenters. The van der Waals surface area contributed by atoms with E-state index in [1.165, 1.54) is 9.87 Å². The Morgan fingerprint density at radius 2 is 1.76 bits per heavy atom. The molecule has 1 fully saturated rings. The molecule has 2 aromatic rings. The summed E-state index contributed by atoms with van der Waals surface area (Å²) in [5.74, 6) is -3.62. The number of rotatable bonds is 6. The third-order valence-electron chi connectivity index (χ3n) is 6.05. The summed E-state index contributed by atoms with van der Waals surface area (Å²) in [5, 5.41) is 2.21. The van der Waals surface area contributed by atoms with E-state index in [0.717, 1.165) is 37.0 Å². The maximum Gasteiger partial charge on any atom is 0.309 e. The van der Waals surface area contributed by atoms with Crippen LogP contribution in [-0.2, 0) is 37.2 Å². The number of hydrogen-bond acceptors (Lipinski definition) is 5. The van der Waals surface area contributed by atoms with Gasteiger partial charge in [-0.1, -0.05) is 6.07 Å². The Morgan fingerprint density at radius 3 is 2.48 bits per heavy atom. The van der Waals surface area contributed by atoms with Crippen LogP contribution in [0.2, 0.25) is 0 Å². The lowest BCUT2D eigenvalue weighted by molar-refractivity contribution is -0.152. The van der Waals surface area contributed by atoms with Crippen LogP contribution in [0, 0.1) is 17.6 Å². The van der Waals surface area contributed by atoms with Gasteiger partial charge in [0.25, 0.3) is 5.91 Å². The van der Waals surface area contributed by atoms with Crippen LogP contribution in [0.1, 0.15) is 30.4 Å². The van der Waals surface area contributed by atoms with Gasteiger partial charge in [-0.25, -0.2) is 17.2 Å². The van der Waals surface area contributed by atoms with Crippen molar-refractivity contribution in [2.24, 2.45) is 5.92 Å². The number of hydrogen-bond donors (Lipinski definition) is 1. The number of halogens is 2. The number of fused-ring (bicyclic) bond motifs is 1. The van der Waals surface area contributed by atoms with Crippen molar-refractivity contribution in [2.45, 2.75) is 37.0 Å². The highest BCUT2D eigenvalue weighted by Crippen LogP contribution is 2.29. The average Bonchev–Trinajstić information content (AvgIpc) is 3.27. The van der Waals surface area contributed by atoms with Gasteiger partial charge in [-0.15, -0.1) is 0 Å². The Hall–Kier alpha value is -2.85. The van der Waals surface area contributed by atoms with E-state index in [4.69, 9.17) is 4.74 Å². The van der Waals surface area contributed by atoms with Crippen molar-refractivity contribution in [1.29, 1.82) is 0 Å². The van der Waals surface area contributed by atoms with Crippen molar-refractivity contribution in [3.05, 3.63) is 59.2 Å². The lowest BCUT2D eigenvalue weighted by Crippen LogP contribution is -2.41. The van der Waals surface area contributed by atoms with Crippen molar-refractivity contribution in [2.75, 3.05) is 25.0 Å². The second kappa shape index (κ2) is 9.56. The van der Waals surface area contributed by atoms with Gasteiger partial charge in [-0.2, -0.15) is 4.31 Å². The van der Waals surface area contributed by atoms with Crippen LogP contribution >= 0.6 is 0 Å². The zero-order valence-electron chi connectivity index (χ0n) is 17.9. The molecular formula is C23H24F2N2O5S. The van der Waals surface area contributed by atoms with Crippen LogP contribution in [0.5, 0.6) is 0 Å². The molecule has 0 bridgehead atoms. The highest BCUT2D eigenvalue weighted by Gasteiger charge is 2.33. The van der Waals surface area contributed by atoms with E-state index >= 15 is 0 Å². The lowest BCUT2D eigenvalue weighted by Gasteiger charge is -2.30. The molecule has 1 heterocycles. The molecule has 1 aliphatic heterocycles. The van der Waals surface area contributed by atoms with Crippen LogP contribution < -0.4 is 5.32 Å². The monoisotopic (exact) mass is 478 g/mol. The number of benzene rings is 2. The largest absolute Gasteiger partial charge is 0.455 e. The predicted octanol–water partition coefficient (Wildman–Crippen LogP) is 3.04. The fourth-order valence-electron chi connectivity index (χ4n) is 4.22. The van der Waals surface area contributed by atoms with Crippen molar-refractivity contribution in [3.63, 3.8) is 0 Å². The van der Waals surface area contributed by atoms with Crippen LogP contribution in [0.4, 0.5) is 14.5 Å². The minimum absolute atomic E-state index is 0.173. The molecule has 176 valence electrons. The summed E-state index contributed by atoms with van der Waals surface area (Å²) in [6, 6.07) is 7.97. The number of carbonyl (C=O) groups excluding carboxylic acids is 2. The number of nitrogens with zero attached hydrogens (tertiary/aromatic N) is 1. The number of ether oxygens (including phenoxy) is 1. The van der Waals surface area contributed by atoms with Crippen molar-refractivity contribution >= 4 is 27.6 Å². The van der Waals surface area contributed by atoms with Gasteiger partial charge < -0.3 is 10.1 Å². The van der Waals surface area contributed by atoms with E-state index < -0.39 is 46.1 Å². The maximum absolute atomic E-state index is 13.6. The Kier molecular flexibility index (Phi) is 6.76. The smallest absolute Gasteiger partial charge is 0.309 e. The summed E-state index contributed by atoms with van der Waals surface area (Å²) < 4.78 is 58.9.